The van der Waals surface area contributed by atoms with Gasteiger partial charge in [-0.25, -0.2) is 10.1 Å². The SMILES string of the molecule is COc1cccc(-c2c3c(=O)n(-c4nc(SC)n[nH]4)ccc3nc3ncnn23)c1. The summed E-state index contributed by atoms with van der Waals surface area (Å²) in [5.41, 5.74) is 1.54. The zero-order valence-electron chi connectivity index (χ0n) is 15.4. The van der Waals surface area contributed by atoms with Gasteiger partial charge in [0.15, 0.2) is 0 Å². The molecule has 29 heavy (non-hydrogen) atoms. The van der Waals surface area contributed by atoms with Gasteiger partial charge in [-0.15, -0.1) is 5.10 Å². The Morgan fingerprint density at radius 3 is 2.90 bits per heavy atom. The van der Waals surface area contributed by atoms with E-state index < -0.39 is 0 Å². The molecule has 1 aromatic carbocycles. The first-order valence-corrected chi connectivity index (χ1v) is 9.78. The highest BCUT2D eigenvalue weighted by Gasteiger charge is 2.19. The maximum absolute atomic E-state index is 13.5. The molecular weight excluding hydrogens is 392 g/mol. The minimum atomic E-state index is -0.297. The molecule has 0 spiro atoms. The number of aromatic nitrogens is 8. The number of hydrogen-bond donors (Lipinski definition) is 1. The lowest BCUT2D eigenvalue weighted by Gasteiger charge is -2.11. The van der Waals surface area contributed by atoms with Crippen LogP contribution in [0.4, 0.5) is 0 Å². The van der Waals surface area contributed by atoms with Crippen molar-refractivity contribution in [3.05, 3.63) is 53.2 Å². The first-order valence-electron chi connectivity index (χ1n) is 8.56. The molecule has 10 nitrogen and oxygen atoms in total. The average molecular weight is 406 g/mol. The van der Waals surface area contributed by atoms with E-state index in [-0.39, 0.29) is 5.56 Å². The number of thioether (sulfide) groups is 1. The van der Waals surface area contributed by atoms with Gasteiger partial charge in [0.05, 0.1) is 23.7 Å². The van der Waals surface area contributed by atoms with Crippen LogP contribution < -0.4 is 10.3 Å². The summed E-state index contributed by atoms with van der Waals surface area (Å²) in [6.45, 7) is 0. The van der Waals surface area contributed by atoms with Crippen LogP contribution in [0.1, 0.15) is 0 Å². The van der Waals surface area contributed by atoms with Gasteiger partial charge in [-0.2, -0.15) is 19.6 Å². The summed E-state index contributed by atoms with van der Waals surface area (Å²) in [6, 6.07) is 9.16. The summed E-state index contributed by atoms with van der Waals surface area (Å²) < 4.78 is 8.31. The van der Waals surface area contributed by atoms with E-state index in [9.17, 15) is 4.79 Å². The largest absolute Gasteiger partial charge is 0.497 e. The van der Waals surface area contributed by atoms with Gasteiger partial charge in [-0.3, -0.25) is 9.36 Å². The molecule has 5 aromatic rings. The van der Waals surface area contributed by atoms with Crippen molar-refractivity contribution < 1.29 is 4.74 Å². The molecule has 0 fully saturated rings. The Kier molecular flexibility index (Phi) is 4.02. The van der Waals surface area contributed by atoms with Gasteiger partial charge in [0.2, 0.25) is 11.1 Å². The normalized spacial score (nSPS) is 11.4. The number of hydrogen-bond acceptors (Lipinski definition) is 8. The molecule has 144 valence electrons. The van der Waals surface area contributed by atoms with Gasteiger partial charge in [0, 0.05) is 11.8 Å². The number of fused-ring (bicyclic) bond motifs is 2. The average Bonchev–Trinajstić information content (AvgIpc) is 3.42. The fourth-order valence-electron chi connectivity index (χ4n) is 3.17. The van der Waals surface area contributed by atoms with Gasteiger partial charge in [0.25, 0.3) is 11.3 Å². The highest BCUT2D eigenvalue weighted by Crippen LogP contribution is 2.28. The van der Waals surface area contributed by atoms with Crippen LogP contribution in [0.5, 0.6) is 5.75 Å². The third-order valence-corrected chi connectivity index (χ3v) is 5.02. The lowest BCUT2D eigenvalue weighted by Crippen LogP contribution is -2.21. The molecule has 1 N–H and O–H groups in total. The fourth-order valence-corrected chi connectivity index (χ4v) is 3.48. The van der Waals surface area contributed by atoms with E-state index in [0.29, 0.717) is 39.2 Å². The molecule has 0 amide bonds. The van der Waals surface area contributed by atoms with Crippen molar-refractivity contribution in [1.29, 1.82) is 0 Å². The summed E-state index contributed by atoms with van der Waals surface area (Å²) >= 11 is 1.38. The molecule has 0 radical (unpaired) electrons. The number of aromatic amines is 1. The van der Waals surface area contributed by atoms with Crippen LogP contribution in [0, 0.1) is 0 Å². The van der Waals surface area contributed by atoms with E-state index in [4.69, 9.17) is 4.74 Å². The maximum Gasteiger partial charge on any atom is 0.269 e. The predicted octanol–water partition coefficient (Wildman–Crippen LogP) is 1.94. The Morgan fingerprint density at radius 1 is 1.21 bits per heavy atom. The standard InChI is InChI=1S/C18H14N8O2S/c1-28-11-5-3-4-10(8-11)14-13-12(21-16-19-9-20-26(14)16)6-7-25(15(13)27)17-22-18(29-2)24-23-17/h3-9H,1-2H3,(H,22,23,24). The van der Waals surface area contributed by atoms with Gasteiger partial charge in [0.1, 0.15) is 12.1 Å². The van der Waals surface area contributed by atoms with Crippen LogP contribution in [0.15, 0.2) is 52.8 Å². The van der Waals surface area contributed by atoms with E-state index >= 15 is 0 Å². The van der Waals surface area contributed by atoms with Gasteiger partial charge in [-0.05, 0) is 24.5 Å². The molecule has 4 heterocycles. The minimum absolute atomic E-state index is 0.297. The Balaban J connectivity index is 1.88. The molecule has 0 saturated heterocycles. The Bertz CT molecular complexity index is 1420. The molecule has 0 aliphatic heterocycles. The highest BCUT2D eigenvalue weighted by molar-refractivity contribution is 7.98. The summed E-state index contributed by atoms with van der Waals surface area (Å²) in [5, 5.41) is 12.1. The number of methoxy groups -OCH3 is 1. The smallest absolute Gasteiger partial charge is 0.269 e. The van der Waals surface area contributed by atoms with Crippen LogP contribution in [0.2, 0.25) is 0 Å². The van der Waals surface area contributed by atoms with E-state index in [0.717, 1.165) is 5.56 Å². The zero-order chi connectivity index (χ0) is 20.0. The first-order chi connectivity index (χ1) is 14.2. The second-order valence-electron chi connectivity index (χ2n) is 6.06. The lowest BCUT2D eigenvalue weighted by molar-refractivity contribution is 0.415. The van der Waals surface area contributed by atoms with Crippen molar-refractivity contribution in [1.82, 2.24) is 39.3 Å². The Morgan fingerprint density at radius 2 is 2.10 bits per heavy atom. The number of ether oxygens (including phenoxy) is 1. The number of nitrogens with zero attached hydrogens (tertiary/aromatic N) is 7. The monoisotopic (exact) mass is 406 g/mol. The summed E-state index contributed by atoms with van der Waals surface area (Å²) in [5.74, 6) is 1.39. The number of pyridine rings is 1. The molecule has 0 bridgehead atoms. The van der Waals surface area contributed by atoms with Crippen molar-refractivity contribution in [2.45, 2.75) is 5.16 Å². The molecule has 0 aliphatic carbocycles. The van der Waals surface area contributed by atoms with Gasteiger partial charge in [-0.1, -0.05) is 23.9 Å². The predicted molar refractivity (Wildman–Crippen MR) is 108 cm³/mol. The number of rotatable bonds is 4. The number of benzene rings is 1. The van der Waals surface area contributed by atoms with Crippen LogP contribution in [0.3, 0.4) is 0 Å². The molecule has 11 heteroatoms. The van der Waals surface area contributed by atoms with E-state index in [1.54, 1.807) is 23.9 Å². The lowest BCUT2D eigenvalue weighted by atomic mass is 10.1. The first kappa shape index (κ1) is 17.4. The fraction of sp³-hybridized carbons (Fsp3) is 0.111. The molecule has 4 aromatic heterocycles. The second-order valence-corrected chi connectivity index (χ2v) is 6.83. The summed E-state index contributed by atoms with van der Waals surface area (Å²) in [7, 11) is 1.59. The number of H-pyrrole nitrogens is 1. The topological polar surface area (TPSA) is 116 Å². The minimum Gasteiger partial charge on any atom is -0.497 e. The third kappa shape index (κ3) is 2.74. The van der Waals surface area contributed by atoms with Gasteiger partial charge >= 0.3 is 0 Å². The Labute approximate surface area is 167 Å². The van der Waals surface area contributed by atoms with Crippen molar-refractivity contribution >= 4 is 28.4 Å². The quantitative estimate of drug-likeness (QED) is 0.450. The third-order valence-electron chi connectivity index (χ3n) is 4.48. The van der Waals surface area contributed by atoms with Crippen molar-refractivity contribution in [3.8, 4) is 23.0 Å². The van der Waals surface area contributed by atoms with Crippen molar-refractivity contribution in [2.75, 3.05) is 13.4 Å². The van der Waals surface area contributed by atoms with E-state index in [1.165, 1.54) is 22.7 Å². The summed E-state index contributed by atoms with van der Waals surface area (Å²) in [4.78, 5) is 26.5. The van der Waals surface area contributed by atoms with Crippen LogP contribution in [-0.2, 0) is 0 Å². The molecule has 0 aliphatic rings. The van der Waals surface area contributed by atoms with E-state index in [2.05, 4.69) is 30.2 Å². The van der Waals surface area contributed by atoms with Crippen molar-refractivity contribution in [2.24, 2.45) is 0 Å². The molecule has 5 rings (SSSR count). The number of nitrogens with one attached hydrogen (secondary N) is 1. The Hall–Kier alpha value is -3.73. The van der Waals surface area contributed by atoms with Gasteiger partial charge < -0.3 is 4.74 Å². The van der Waals surface area contributed by atoms with Crippen LogP contribution in [0.25, 0.3) is 33.9 Å². The zero-order valence-corrected chi connectivity index (χ0v) is 16.2. The molecular formula is C18H14N8O2S. The van der Waals surface area contributed by atoms with Crippen LogP contribution >= 0.6 is 11.8 Å². The summed E-state index contributed by atoms with van der Waals surface area (Å²) in [6.07, 6.45) is 4.89. The molecule has 0 saturated carbocycles. The second kappa shape index (κ2) is 6.71. The maximum atomic E-state index is 13.5. The highest BCUT2D eigenvalue weighted by atomic mass is 32.2. The molecule has 0 unspecified atom stereocenters. The van der Waals surface area contributed by atoms with Crippen molar-refractivity contribution in [3.63, 3.8) is 0 Å². The van der Waals surface area contributed by atoms with Crippen LogP contribution in [-0.4, -0.2) is 52.7 Å². The van der Waals surface area contributed by atoms with E-state index in [1.807, 2.05) is 30.5 Å². The molecule has 0 atom stereocenters.